The van der Waals surface area contributed by atoms with Crippen LogP contribution in [0.15, 0.2) is 47.4 Å². The summed E-state index contributed by atoms with van der Waals surface area (Å²) in [6.45, 7) is 5.83. The first-order valence-electron chi connectivity index (χ1n) is 12.5. The van der Waals surface area contributed by atoms with Crippen molar-refractivity contribution < 1.29 is 26.7 Å². The third-order valence-corrected chi connectivity index (χ3v) is 9.13. The number of ether oxygens (including phenoxy) is 1. The molecule has 4 rings (SSSR count). The number of carbonyl (C=O) groups excluding carboxylic acids is 1. The number of nitrogen functional groups attached to an aromatic ring is 1. The Morgan fingerprint density at radius 2 is 1.79 bits per heavy atom. The van der Waals surface area contributed by atoms with Crippen molar-refractivity contribution in [3.63, 3.8) is 0 Å². The summed E-state index contributed by atoms with van der Waals surface area (Å²) in [5.41, 5.74) is 5.20. The number of nitrogens with two attached hydrogens (primary N) is 1. The average molecular weight is 580 g/mol. The summed E-state index contributed by atoms with van der Waals surface area (Å²) < 4.78 is 61.5. The number of nitrogens with zero attached hydrogens (tertiary/aromatic N) is 2. The van der Waals surface area contributed by atoms with E-state index >= 15 is 0 Å². The molecule has 39 heavy (non-hydrogen) atoms. The molecule has 4 N–H and O–H groups in total. The molecular weight excluding hydrogens is 548 g/mol. The van der Waals surface area contributed by atoms with Crippen molar-refractivity contribution in [2.45, 2.75) is 43.7 Å². The van der Waals surface area contributed by atoms with Crippen molar-refractivity contribution in [1.82, 2.24) is 14.6 Å². The molecule has 2 aromatic carbocycles. The van der Waals surface area contributed by atoms with E-state index in [0.717, 1.165) is 23.5 Å². The molecule has 3 aromatic rings. The van der Waals surface area contributed by atoms with E-state index in [1.807, 2.05) is 13.8 Å². The van der Waals surface area contributed by atoms with Crippen LogP contribution >= 0.6 is 11.3 Å². The highest BCUT2D eigenvalue weighted by atomic mass is 32.2. The summed E-state index contributed by atoms with van der Waals surface area (Å²) in [5.74, 6) is -2.35. The Balaban J connectivity index is 1.33. The second kappa shape index (κ2) is 12.4. The molecule has 1 aromatic heterocycles. The van der Waals surface area contributed by atoms with Gasteiger partial charge in [0.25, 0.3) is 0 Å². The standard InChI is InChI=1S/C26H31F2N5O4S2/c1-16(2)30-12-15-37-18-6-8-19(9-7-18)39(35,36)33-13-10-17(11-14-33)31-26-32-25(29)24(38-26)23(34)22-20(27)4-3-5-21(22)28/h3-9,16-17,30H,10-15,29H2,1-2H3,(H,31,32). The SMILES string of the molecule is CC(C)NCCOc1ccc(S(=O)(=O)N2CCC(Nc3nc(N)c(C(=O)c4c(F)cccc4F)s3)CC2)cc1. The molecule has 0 amide bonds. The maximum atomic E-state index is 14.1. The number of hydrogen-bond donors (Lipinski definition) is 3. The minimum Gasteiger partial charge on any atom is -0.492 e. The number of ketones is 1. The van der Waals surface area contributed by atoms with Gasteiger partial charge in [-0.25, -0.2) is 22.2 Å². The molecule has 1 aliphatic rings. The van der Waals surface area contributed by atoms with E-state index in [1.54, 1.807) is 24.3 Å². The van der Waals surface area contributed by atoms with E-state index in [9.17, 15) is 22.0 Å². The predicted molar refractivity (Wildman–Crippen MR) is 147 cm³/mol. The number of halogens is 2. The molecule has 0 bridgehead atoms. The van der Waals surface area contributed by atoms with Crippen molar-refractivity contribution in [3.8, 4) is 5.75 Å². The van der Waals surface area contributed by atoms with Gasteiger partial charge in [-0.2, -0.15) is 4.31 Å². The van der Waals surface area contributed by atoms with E-state index < -0.39 is 33.0 Å². The predicted octanol–water partition coefficient (Wildman–Crippen LogP) is 3.88. The first-order chi connectivity index (χ1) is 18.6. The van der Waals surface area contributed by atoms with Gasteiger partial charge in [0.05, 0.1) is 10.5 Å². The molecule has 2 heterocycles. The Kier molecular flexibility index (Phi) is 9.15. The van der Waals surface area contributed by atoms with E-state index in [2.05, 4.69) is 15.6 Å². The van der Waals surface area contributed by atoms with Crippen molar-refractivity contribution in [2.24, 2.45) is 0 Å². The number of rotatable bonds is 11. The normalized spacial score (nSPS) is 15.0. The number of piperidine rings is 1. The molecule has 1 fully saturated rings. The minimum absolute atomic E-state index is 0.0647. The minimum atomic E-state index is -3.68. The highest BCUT2D eigenvalue weighted by Gasteiger charge is 2.30. The number of hydrogen-bond acceptors (Lipinski definition) is 9. The number of aromatic nitrogens is 1. The smallest absolute Gasteiger partial charge is 0.243 e. The van der Waals surface area contributed by atoms with Crippen LogP contribution in [0.2, 0.25) is 0 Å². The first kappa shape index (κ1) is 28.9. The van der Waals surface area contributed by atoms with Crippen LogP contribution < -0.4 is 21.1 Å². The summed E-state index contributed by atoms with van der Waals surface area (Å²) in [4.78, 5) is 17.0. The lowest BCUT2D eigenvalue weighted by Crippen LogP contribution is -2.42. The Bertz CT molecular complexity index is 1390. The Labute approximate surface area is 230 Å². The summed E-state index contributed by atoms with van der Waals surface area (Å²) in [7, 11) is -3.68. The van der Waals surface area contributed by atoms with Gasteiger partial charge in [-0.05, 0) is 49.2 Å². The third kappa shape index (κ3) is 6.90. The quantitative estimate of drug-likeness (QED) is 0.231. The van der Waals surface area contributed by atoms with Crippen LogP contribution in [0.1, 0.15) is 41.9 Å². The summed E-state index contributed by atoms with van der Waals surface area (Å²) >= 11 is 0.908. The molecule has 1 saturated heterocycles. The molecular formula is C26H31F2N5O4S2. The molecule has 13 heteroatoms. The summed E-state index contributed by atoms with van der Waals surface area (Å²) in [6.07, 6.45) is 0.988. The number of carbonyl (C=O) groups is 1. The molecule has 210 valence electrons. The maximum Gasteiger partial charge on any atom is 0.243 e. The largest absolute Gasteiger partial charge is 0.492 e. The molecule has 0 unspecified atom stereocenters. The van der Waals surface area contributed by atoms with Gasteiger partial charge in [-0.3, -0.25) is 4.79 Å². The molecule has 0 aliphatic carbocycles. The second-order valence-corrected chi connectivity index (χ2v) is 12.3. The zero-order chi connectivity index (χ0) is 28.2. The van der Waals surface area contributed by atoms with Crippen LogP contribution in [0.25, 0.3) is 0 Å². The highest BCUT2D eigenvalue weighted by Crippen LogP contribution is 2.31. The van der Waals surface area contributed by atoms with Crippen molar-refractivity contribution >= 4 is 38.1 Å². The van der Waals surface area contributed by atoms with Gasteiger partial charge in [0.1, 0.15) is 34.7 Å². The van der Waals surface area contributed by atoms with Gasteiger partial charge < -0.3 is 21.1 Å². The van der Waals surface area contributed by atoms with E-state index in [-0.39, 0.29) is 34.7 Å². The lowest BCUT2D eigenvalue weighted by atomic mass is 10.1. The van der Waals surface area contributed by atoms with Crippen LogP contribution in [0, 0.1) is 11.6 Å². The molecule has 0 spiro atoms. The lowest BCUT2D eigenvalue weighted by Gasteiger charge is -2.31. The highest BCUT2D eigenvalue weighted by molar-refractivity contribution is 7.89. The van der Waals surface area contributed by atoms with E-state index in [1.165, 1.54) is 10.4 Å². The van der Waals surface area contributed by atoms with Crippen LogP contribution in [-0.4, -0.2) is 61.8 Å². The average Bonchev–Trinajstić information content (AvgIpc) is 3.26. The van der Waals surface area contributed by atoms with Gasteiger partial charge in [-0.15, -0.1) is 0 Å². The summed E-state index contributed by atoms with van der Waals surface area (Å²) in [6, 6.07) is 9.80. The number of nitrogens with one attached hydrogen (secondary N) is 2. The molecule has 0 saturated carbocycles. The maximum absolute atomic E-state index is 14.1. The lowest BCUT2D eigenvalue weighted by molar-refractivity contribution is 0.103. The fourth-order valence-electron chi connectivity index (χ4n) is 4.17. The third-order valence-electron chi connectivity index (χ3n) is 6.22. The topological polar surface area (TPSA) is 127 Å². The van der Waals surface area contributed by atoms with E-state index in [4.69, 9.17) is 10.5 Å². The number of anilines is 2. The Morgan fingerprint density at radius 1 is 1.15 bits per heavy atom. The van der Waals surface area contributed by atoms with Crippen molar-refractivity contribution in [2.75, 3.05) is 37.3 Å². The van der Waals surface area contributed by atoms with Gasteiger partial charge in [-0.1, -0.05) is 31.3 Å². The van der Waals surface area contributed by atoms with Crippen LogP contribution in [0.4, 0.5) is 19.7 Å². The zero-order valence-electron chi connectivity index (χ0n) is 21.6. The van der Waals surface area contributed by atoms with Gasteiger partial charge in [0, 0.05) is 31.7 Å². The van der Waals surface area contributed by atoms with Gasteiger partial charge in [0.2, 0.25) is 15.8 Å². The summed E-state index contributed by atoms with van der Waals surface area (Å²) in [5, 5.41) is 6.75. The Morgan fingerprint density at radius 3 is 2.41 bits per heavy atom. The number of sulfonamides is 1. The van der Waals surface area contributed by atoms with Crippen LogP contribution in [0.5, 0.6) is 5.75 Å². The molecule has 0 atom stereocenters. The monoisotopic (exact) mass is 579 g/mol. The molecule has 1 aliphatic heterocycles. The van der Waals surface area contributed by atoms with Crippen molar-refractivity contribution in [3.05, 3.63) is 64.5 Å². The number of thiazole rings is 1. The number of benzene rings is 2. The zero-order valence-corrected chi connectivity index (χ0v) is 23.2. The Hall–Kier alpha value is -3.13. The molecule has 0 radical (unpaired) electrons. The second-order valence-electron chi connectivity index (χ2n) is 9.41. The van der Waals surface area contributed by atoms with Gasteiger partial charge >= 0.3 is 0 Å². The van der Waals surface area contributed by atoms with Crippen LogP contribution in [-0.2, 0) is 10.0 Å². The fraction of sp³-hybridized carbons (Fsp3) is 0.385. The molecule has 9 nitrogen and oxygen atoms in total. The fourth-order valence-corrected chi connectivity index (χ4v) is 6.55. The van der Waals surface area contributed by atoms with Crippen molar-refractivity contribution in [1.29, 1.82) is 0 Å². The first-order valence-corrected chi connectivity index (χ1v) is 14.8. The van der Waals surface area contributed by atoms with Gasteiger partial charge in [0.15, 0.2) is 5.13 Å². The van der Waals surface area contributed by atoms with Crippen LogP contribution in [0.3, 0.4) is 0 Å². The van der Waals surface area contributed by atoms with E-state index in [0.29, 0.717) is 42.9 Å².